The fraction of sp³-hybridized carbons (Fsp3) is 0.723. The number of unbranched alkanes of at least 4 members (excludes halogenated alkanes) is 19. The van der Waals surface area contributed by atoms with Crippen molar-refractivity contribution in [3.05, 3.63) is 72.9 Å². The third-order valence-corrected chi connectivity index (χ3v) is 9.02. The van der Waals surface area contributed by atoms with E-state index >= 15 is 0 Å². The largest absolute Gasteiger partial charge is 0.457 e. The molecule has 294 valence electrons. The second-order valence-corrected chi connectivity index (χ2v) is 14.0. The van der Waals surface area contributed by atoms with Gasteiger partial charge in [-0.25, -0.2) is 0 Å². The molecule has 0 fully saturated rings. The van der Waals surface area contributed by atoms with Crippen molar-refractivity contribution in [3.63, 3.8) is 0 Å². The predicted octanol–water partition coefficient (Wildman–Crippen LogP) is 14.2. The number of hydrogen-bond acceptors (Lipinski definition) is 4. The van der Waals surface area contributed by atoms with Crippen LogP contribution in [0.25, 0.3) is 0 Å². The lowest BCUT2D eigenvalue weighted by atomic mass is 10.1. The van der Waals surface area contributed by atoms with Gasteiger partial charge >= 0.3 is 5.97 Å². The minimum Gasteiger partial charge on any atom is -0.457 e. The number of hydrogen-bond donors (Lipinski definition) is 1. The topological polar surface area (TPSA) is 55.8 Å². The monoisotopic (exact) mass is 711 g/mol. The lowest BCUT2D eigenvalue weighted by Gasteiger charge is -2.15. The summed E-state index contributed by atoms with van der Waals surface area (Å²) in [4.78, 5) is 12.2. The van der Waals surface area contributed by atoms with Gasteiger partial charge < -0.3 is 14.6 Å². The Hall–Kier alpha value is -2.17. The number of carbonyl (C=O) groups is 1. The maximum absolute atomic E-state index is 12.2. The number of aliphatic hydroxyl groups excluding tert-OH is 1. The van der Waals surface area contributed by atoms with Crippen LogP contribution >= 0.6 is 0 Å². The van der Waals surface area contributed by atoms with E-state index in [-0.39, 0.29) is 19.2 Å². The van der Waals surface area contributed by atoms with E-state index in [1.54, 1.807) is 0 Å². The second-order valence-electron chi connectivity index (χ2n) is 14.0. The van der Waals surface area contributed by atoms with E-state index in [1.165, 1.54) is 116 Å². The molecule has 0 aromatic heterocycles. The van der Waals surface area contributed by atoms with Crippen LogP contribution in [0.1, 0.15) is 194 Å². The smallest absolute Gasteiger partial charge is 0.306 e. The van der Waals surface area contributed by atoms with E-state index in [9.17, 15) is 9.90 Å². The Morgan fingerprint density at radius 2 is 0.882 bits per heavy atom. The average molecular weight is 711 g/mol. The van der Waals surface area contributed by atoms with Crippen LogP contribution in [0, 0.1) is 0 Å². The summed E-state index contributed by atoms with van der Waals surface area (Å²) in [6.45, 7) is 5.20. The molecule has 0 saturated heterocycles. The molecule has 0 aliphatic rings. The Morgan fingerprint density at radius 1 is 0.490 bits per heavy atom. The number of esters is 1. The predicted molar refractivity (Wildman–Crippen MR) is 223 cm³/mol. The lowest BCUT2D eigenvalue weighted by molar-refractivity contribution is -0.154. The number of rotatable bonds is 39. The van der Waals surface area contributed by atoms with Gasteiger partial charge in [0.2, 0.25) is 0 Å². The van der Waals surface area contributed by atoms with E-state index in [1.807, 2.05) is 0 Å². The van der Waals surface area contributed by atoms with Crippen molar-refractivity contribution >= 4 is 5.97 Å². The molecule has 0 saturated carbocycles. The van der Waals surface area contributed by atoms with Gasteiger partial charge in [-0.2, -0.15) is 0 Å². The number of ether oxygens (including phenoxy) is 2. The molecule has 1 N–H and O–H groups in total. The van der Waals surface area contributed by atoms with Crippen molar-refractivity contribution in [1.82, 2.24) is 0 Å². The first kappa shape index (κ1) is 48.8. The van der Waals surface area contributed by atoms with Crippen LogP contribution in [0.2, 0.25) is 0 Å². The van der Waals surface area contributed by atoms with Gasteiger partial charge in [-0.3, -0.25) is 4.79 Å². The Balaban J connectivity index is 3.49. The minimum absolute atomic E-state index is 0.181. The van der Waals surface area contributed by atoms with Gasteiger partial charge in [-0.1, -0.05) is 177 Å². The summed E-state index contributed by atoms with van der Waals surface area (Å²) in [5.74, 6) is -0.215. The van der Waals surface area contributed by atoms with Crippen molar-refractivity contribution in [3.8, 4) is 0 Å². The first-order chi connectivity index (χ1) is 25.2. The zero-order chi connectivity index (χ0) is 37.0. The molecule has 0 spiro atoms. The van der Waals surface area contributed by atoms with E-state index in [2.05, 4.69) is 86.8 Å². The Morgan fingerprint density at radius 3 is 1.35 bits per heavy atom. The van der Waals surface area contributed by atoms with Crippen LogP contribution in [0.3, 0.4) is 0 Å². The summed E-state index contributed by atoms with van der Waals surface area (Å²) in [6, 6.07) is 0. The molecule has 1 atom stereocenters. The third kappa shape index (κ3) is 42.1. The summed E-state index contributed by atoms with van der Waals surface area (Å²) >= 11 is 0. The van der Waals surface area contributed by atoms with E-state index in [0.29, 0.717) is 13.0 Å². The fourth-order valence-corrected chi connectivity index (χ4v) is 5.82. The molecule has 0 radical (unpaired) electrons. The molecule has 0 aromatic rings. The van der Waals surface area contributed by atoms with Crippen LogP contribution in [-0.2, 0) is 14.3 Å². The molecule has 0 aliphatic heterocycles. The quantitative estimate of drug-likeness (QED) is 0.0392. The highest BCUT2D eigenvalue weighted by molar-refractivity contribution is 5.69. The van der Waals surface area contributed by atoms with Gasteiger partial charge in [0.05, 0.1) is 13.2 Å². The molecule has 0 aromatic carbocycles. The summed E-state index contributed by atoms with van der Waals surface area (Å²) in [5.41, 5.74) is 0. The highest BCUT2D eigenvalue weighted by Crippen LogP contribution is 2.12. The highest BCUT2D eigenvalue weighted by Gasteiger charge is 2.13. The van der Waals surface area contributed by atoms with Crippen LogP contribution in [0.4, 0.5) is 0 Å². The molecule has 0 heterocycles. The maximum atomic E-state index is 12.2. The van der Waals surface area contributed by atoms with Crippen molar-refractivity contribution in [2.45, 2.75) is 200 Å². The molecular weight excluding hydrogens is 629 g/mol. The van der Waals surface area contributed by atoms with Crippen LogP contribution in [0.5, 0.6) is 0 Å². The van der Waals surface area contributed by atoms with Crippen molar-refractivity contribution in [2.75, 3.05) is 19.8 Å². The van der Waals surface area contributed by atoms with Crippen molar-refractivity contribution < 1.29 is 19.4 Å². The highest BCUT2D eigenvalue weighted by atomic mass is 16.6. The molecule has 0 rings (SSSR count). The normalized spacial score (nSPS) is 13.1. The zero-order valence-electron chi connectivity index (χ0n) is 33.6. The number of aliphatic hydroxyl groups is 1. The standard InChI is InChI=1S/C47H82O4/c1-3-5-7-9-11-13-15-17-19-20-21-22-23-24-25-26-27-29-31-33-35-37-39-41-43-50-45-46(44-48)51-47(49)42-40-38-36-34-32-30-28-18-16-14-12-10-8-6-4-2/h5,7,11,13,17-19,21-22,24-25,28,46,48H,3-4,6,8-10,12,14-16,20,23,26-27,29-45H2,1-2H3/b7-5-,13-11-,19-17-,22-21-,25-24-,28-18-. The Bertz CT molecular complexity index is 881. The first-order valence-corrected chi connectivity index (χ1v) is 21.5. The molecule has 1 unspecified atom stereocenters. The van der Waals surface area contributed by atoms with Gasteiger partial charge in [0.25, 0.3) is 0 Å². The fourth-order valence-electron chi connectivity index (χ4n) is 5.82. The lowest BCUT2D eigenvalue weighted by Crippen LogP contribution is -2.27. The Labute approximate surface area is 317 Å². The molecule has 0 bridgehead atoms. The van der Waals surface area contributed by atoms with Gasteiger partial charge in [-0.05, 0) is 83.5 Å². The SMILES string of the molecule is CC/C=C\C/C=C\C/C=C\C/C=C\C/C=C\CCCCCCCCCCOCC(CO)OC(=O)CCCCCCC/C=C\CCCCCCCC. The summed E-state index contributed by atoms with van der Waals surface area (Å²) < 4.78 is 11.1. The van der Waals surface area contributed by atoms with Crippen LogP contribution < -0.4 is 0 Å². The second kappa shape index (κ2) is 44.0. The molecule has 0 amide bonds. The molecular formula is C47H82O4. The summed E-state index contributed by atoms with van der Waals surface area (Å²) in [7, 11) is 0. The van der Waals surface area contributed by atoms with Gasteiger partial charge in [-0.15, -0.1) is 0 Å². The number of allylic oxidation sites excluding steroid dienone is 12. The average Bonchev–Trinajstić information content (AvgIpc) is 3.14. The molecule has 51 heavy (non-hydrogen) atoms. The van der Waals surface area contributed by atoms with E-state index < -0.39 is 6.10 Å². The molecule has 4 heteroatoms. The zero-order valence-corrected chi connectivity index (χ0v) is 33.6. The van der Waals surface area contributed by atoms with Crippen LogP contribution in [-0.4, -0.2) is 37.0 Å². The van der Waals surface area contributed by atoms with Gasteiger partial charge in [0.1, 0.15) is 6.10 Å². The number of carbonyl (C=O) groups excluding carboxylic acids is 1. The first-order valence-electron chi connectivity index (χ1n) is 21.5. The van der Waals surface area contributed by atoms with Gasteiger partial charge in [0.15, 0.2) is 0 Å². The Kier molecular flexibility index (Phi) is 42.1. The van der Waals surface area contributed by atoms with Crippen molar-refractivity contribution in [2.24, 2.45) is 0 Å². The summed E-state index contributed by atoms with van der Waals surface area (Å²) in [6.07, 6.45) is 59.6. The van der Waals surface area contributed by atoms with Crippen LogP contribution in [0.15, 0.2) is 72.9 Å². The van der Waals surface area contributed by atoms with Gasteiger partial charge in [0, 0.05) is 13.0 Å². The molecule has 4 nitrogen and oxygen atoms in total. The molecule has 0 aliphatic carbocycles. The van der Waals surface area contributed by atoms with Crippen molar-refractivity contribution in [1.29, 1.82) is 0 Å². The van der Waals surface area contributed by atoms with E-state index in [0.717, 1.165) is 57.8 Å². The summed E-state index contributed by atoms with van der Waals surface area (Å²) in [5, 5.41) is 9.60. The maximum Gasteiger partial charge on any atom is 0.306 e. The third-order valence-electron chi connectivity index (χ3n) is 9.02. The van der Waals surface area contributed by atoms with E-state index in [4.69, 9.17) is 9.47 Å². The minimum atomic E-state index is -0.546.